The minimum absolute atomic E-state index is 0.0214. The summed E-state index contributed by atoms with van der Waals surface area (Å²) in [4.78, 5) is 12.4. The monoisotopic (exact) mass is 462 g/mol. The molecule has 7 nitrogen and oxygen atoms in total. The third kappa shape index (κ3) is 6.89. The first-order valence-electron chi connectivity index (χ1n) is 10.5. The maximum Gasteiger partial charge on any atom is 0.268 e. The third-order valence-electron chi connectivity index (χ3n) is 4.66. The number of hydrogen-bond donors (Lipinski definition) is 1. The number of nitrogens with zero attached hydrogens (tertiary/aromatic N) is 3. The quantitative estimate of drug-likeness (QED) is 0.264. The molecule has 0 aliphatic carbocycles. The summed E-state index contributed by atoms with van der Waals surface area (Å²) in [5.41, 5.74) is 2.92. The minimum atomic E-state index is -0.520. The number of hydrogen-bond acceptors (Lipinski definition) is 7. The van der Waals surface area contributed by atoms with E-state index in [0.29, 0.717) is 29.7 Å². The zero-order chi connectivity index (χ0) is 23.8. The molecular formula is C25H26N4O3S. The Bertz CT molecular complexity index is 1180. The van der Waals surface area contributed by atoms with Crippen molar-refractivity contribution >= 4 is 28.5 Å². The smallest absolute Gasteiger partial charge is 0.268 e. The van der Waals surface area contributed by atoms with E-state index < -0.39 is 5.91 Å². The van der Waals surface area contributed by atoms with Crippen molar-refractivity contribution in [1.29, 1.82) is 5.26 Å². The van der Waals surface area contributed by atoms with E-state index in [1.807, 2.05) is 45.9 Å². The summed E-state index contributed by atoms with van der Waals surface area (Å²) in [5.74, 6) is 1.23. The van der Waals surface area contributed by atoms with Crippen LogP contribution in [0.3, 0.4) is 0 Å². The number of rotatable bonds is 9. The lowest BCUT2D eigenvalue weighted by atomic mass is 10.1. The van der Waals surface area contributed by atoms with Crippen LogP contribution in [0.5, 0.6) is 11.5 Å². The molecule has 0 fully saturated rings. The first-order chi connectivity index (χ1) is 15.9. The zero-order valence-electron chi connectivity index (χ0n) is 19.1. The van der Waals surface area contributed by atoms with Crippen LogP contribution in [-0.4, -0.2) is 29.3 Å². The van der Waals surface area contributed by atoms with E-state index in [0.717, 1.165) is 21.9 Å². The molecule has 0 unspecified atom stereocenters. The molecule has 1 amide bonds. The van der Waals surface area contributed by atoms with Crippen molar-refractivity contribution in [3.8, 4) is 17.6 Å². The van der Waals surface area contributed by atoms with Gasteiger partial charge in [-0.2, -0.15) is 5.26 Å². The Hall–Kier alpha value is -3.70. The van der Waals surface area contributed by atoms with Crippen LogP contribution in [0.25, 0.3) is 6.08 Å². The molecule has 1 heterocycles. The van der Waals surface area contributed by atoms with Gasteiger partial charge in [-0.3, -0.25) is 10.1 Å². The molecule has 0 radical (unpaired) electrons. The summed E-state index contributed by atoms with van der Waals surface area (Å²) in [7, 11) is 0. The van der Waals surface area contributed by atoms with Crippen molar-refractivity contribution in [2.45, 2.75) is 33.6 Å². The minimum Gasteiger partial charge on any atom is -0.490 e. The Kier molecular flexibility index (Phi) is 8.17. The molecule has 0 aliphatic heterocycles. The molecule has 0 saturated heterocycles. The molecule has 2 aromatic carbocycles. The molecule has 0 aliphatic rings. The molecule has 0 bridgehead atoms. The van der Waals surface area contributed by atoms with Gasteiger partial charge in [-0.1, -0.05) is 49.4 Å². The predicted octanol–water partition coefficient (Wildman–Crippen LogP) is 5.28. The second-order valence-electron chi connectivity index (χ2n) is 7.76. The fourth-order valence-electron chi connectivity index (χ4n) is 2.83. The normalized spacial score (nSPS) is 11.2. The number of ether oxygens (including phenoxy) is 2. The van der Waals surface area contributed by atoms with Gasteiger partial charge in [0.1, 0.15) is 41.4 Å². The van der Waals surface area contributed by atoms with Gasteiger partial charge in [0.15, 0.2) is 0 Å². The van der Waals surface area contributed by atoms with Gasteiger partial charge >= 0.3 is 0 Å². The average Bonchev–Trinajstić information content (AvgIpc) is 3.27. The van der Waals surface area contributed by atoms with Crippen LogP contribution < -0.4 is 14.8 Å². The highest BCUT2D eigenvalue weighted by molar-refractivity contribution is 7.15. The summed E-state index contributed by atoms with van der Waals surface area (Å²) >= 11 is 1.30. The topological polar surface area (TPSA) is 97.1 Å². The van der Waals surface area contributed by atoms with E-state index in [-0.39, 0.29) is 11.5 Å². The lowest BCUT2D eigenvalue weighted by Gasteiger charge is -2.11. The summed E-state index contributed by atoms with van der Waals surface area (Å²) in [5, 5.41) is 21.2. The van der Waals surface area contributed by atoms with Crippen LogP contribution in [-0.2, 0) is 4.79 Å². The molecule has 33 heavy (non-hydrogen) atoms. The maximum atomic E-state index is 12.4. The van der Waals surface area contributed by atoms with E-state index in [1.165, 1.54) is 17.4 Å². The van der Waals surface area contributed by atoms with Crippen molar-refractivity contribution in [3.63, 3.8) is 0 Å². The number of anilines is 1. The van der Waals surface area contributed by atoms with Crippen molar-refractivity contribution in [2.75, 3.05) is 18.5 Å². The Morgan fingerprint density at radius 3 is 2.52 bits per heavy atom. The summed E-state index contributed by atoms with van der Waals surface area (Å²) < 4.78 is 11.5. The largest absolute Gasteiger partial charge is 0.490 e. The molecule has 0 saturated carbocycles. The first kappa shape index (κ1) is 24.0. The van der Waals surface area contributed by atoms with Gasteiger partial charge in [-0.15, -0.1) is 10.2 Å². The Balaban J connectivity index is 1.53. The molecule has 8 heteroatoms. The predicted molar refractivity (Wildman–Crippen MR) is 130 cm³/mol. The molecule has 3 aromatic rings. The van der Waals surface area contributed by atoms with Gasteiger partial charge in [-0.25, -0.2) is 0 Å². The highest BCUT2D eigenvalue weighted by Crippen LogP contribution is 2.23. The highest BCUT2D eigenvalue weighted by Gasteiger charge is 2.14. The van der Waals surface area contributed by atoms with Crippen molar-refractivity contribution in [1.82, 2.24) is 10.2 Å². The van der Waals surface area contributed by atoms with Crippen molar-refractivity contribution < 1.29 is 14.3 Å². The molecule has 1 aromatic heterocycles. The van der Waals surface area contributed by atoms with Crippen molar-refractivity contribution in [2.24, 2.45) is 0 Å². The number of benzene rings is 2. The van der Waals surface area contributed by atoms with Crippen LogP contribution in [0.4, 0.5) is 5.13 Å². The summed E-state index contributed by atoms with van der Waals surface area (Å²) in [6, 6.07) is 15.2. The third-order valence-corrected chi connectivity index (χ3v) is 5.80. The number of carbonyl (C=O) groups excluding carboxylic acids is 1. The molecular weight excluding hydrogens is 436 g/mol. The van der Waals surface area contributed by atoms with Gasteiger partial charge in [0.2, 0.25) is 5.13 Å². The number of nitrogens with one attached hydrogen (secondary N) is 1. The van der Waals surface area contributed by atoms with E-state index in [9.17, 15) is 10.1 Å². The van der Waals surface area contributed by atoms with E-state index in [4.69, 9.17) is 9.47 Å². The Labute approximate surface area is 197 Å². The lowest BCUT2D eigenvalue weighted by Crippen LogP contribution is -2.13. The number of aryl methyl sites for hydroxylation is 2. The molecule has 0 spiro atoms. The Morgan fingerprint density at radius 1 is 1.12 bits per heavy atom. The summed E-state index contributed by atoms with van der Waals surface area (Å²) in [6.45, 7) is 8.85. The van der Waals surface area contributed by atoms with E-state index >= 15 is 0 Å². The maximum absolute atomic E-state index is 12.4. The van der Waals surface area contributed by atoms with Gasteiger partial charge in [0, 0.05) is 5.92 Å². The highest BCUT2D eigenvalue weighted by atomic mass is 32.1. The molecule has 1 N–H and O–H groups in total. The number of aromatic nitrogens is 2. The van der Waals surface area contributed by atoms with Gasteiger partial charge in [-0.05, 0) is 54.8 Å². The van der Waals surface area contributed by atoms with Crippen LogP contribution in [0.1, 0.15) is 41.5 Å². The number of amides is 1. The van der Waals surface area contributed by atoms with Crippen LogP contribution in [0.2, 0.25) is 0 Å². The van der Waals surface area contributed by atoms with Gasteiger partial charge in [0.05, 0.1) is 0 Å². The molecule has 0 atom stereocenters. The van der Waals surface area contributed by atoms with Gasteiger partial charge < -0.3 is 9.47 Å². The lowest BCUT2D eigenvalue weighted by molar-refractivity contribution is -0.112. The van der Waals surface area contributed by atoms with Crippen LogP contribution in [0.15, 0.2) is 48.0 Å². The fourth-order valence-corrected chi connectivity index (χ4v) is 3.57. The standard InChI is InChI=1S/C25H26N4O3S/c1-16(2)24-28-29-25(33-24)27-23(30)20(15-26)14-19-7-9-21(10-8-19)31-11-12-32-22-13-17(3)5-6-18(22)4/h5-10,13-14,16H,11-12H2,1-4H3,(H,27,29,30)/b20-14-. The SMILES string of the molecule is Cc1ccc(C)c(OCCOc2ccc(/C=C(/C#N)C(=O)Nc3nnc(C(C)C)s3)cc2)c1. The van der Waals surface area contributed by atoms with Crippen molar-refractivity contribution in [3.05, 3.63) is 69.7 Å². The van der Waals surface area contributed by atoms with E-state index in [1.54, 1.807) is 24.3 Å². The number of nitriles is 1. The summed E-state index contributed by atoms with van der Waals surface area (Å²) in [6.07, 6.45) is 1.52. The van der Waals surface area contributed by atoms with Crippen LogP contribution >= 0.6 is 11.3 Å². The first-order valence-corrected chi connectivity index (χ1v) is 11.4. The number of carbonyl (C=O) groups is 1. The van der Waals surface area contributed by atoms with Crippen LogP contribution in [0, 0.1) is 25.2 Å². The second-order valence-corrected chi connectivity index (χ2v) is 8.77. The average molecular weight is 463 g/mol. The Morgan fingerprint density at radius 2 is 1.85 bits per heavy atom. The molecule has 170 valence electrons. The molecule has 3 rings (SSSR count). The van der Waals surface area contributed by atoms with E-state index in [2.05, 4.69) is 21.6 Å². The fraction of sp³-hybridized carbons (Fsp3) is 0.280. The van der Waals surface area contributed by atoms with Gasteiger partial charge in [0.25, 0.3) is 5.91 Å². The zero-order valence-corrected chi connectivity index (χ0v) is 19.9. The second kappa shape index (κ2) is 11.2.